The van der Waals surface area contributed by atoms with Crippen molar-refractivity contribution in [1.82, 2.24) is 9.80 Å². The van der Waals surface area contributed by atoms with Crippen molar-refractivity contribution in [3.63, 3.8) is 0 Å². The van der Waals surface area contributed by atoms with Gasteiger partial charge in [-0.1, -0.05) is 18.2 Å². The molecule has 146 valence electrons. The number of benzene rings is 1. The molecule has 9 heteroatoms. The van der Waals surface area contributed by atoms with Crippen LogP contribution in [-0.4, -0.2) is 56.4 Å². The predicted octanol–water partition coefficient (Wildman–Crippen LogP) is 1.07. The van der Waals surface area contributed by atoms with E-state index in [1.807, 2.05) is 0 Å². The van der Waals surface area contributed by atoms with Gasteiger partial charge in [0, 0.05) is 30.0 Å². The van der Waals surface area contributed by atoms with Crippen LogP contribution in [0.3, 0.4) is 0 Å². The Morgan fingerprint density at radius 1 is 1.36 bits per heavy atom. The average Bonchev–Trinajstić information content (AvgIpc) is 3.02. The van der Waals surface area contributed by atoms with E-state index < -0.39 is 17.9 Å². The molecule has 28 heavy (non-hydrogen) atoms. The van der Waals surface area contributed by atoms with Crippen molar-refractivity contribution in [2.75, 3.05) is 12.3 Å². The zero-order valence-corrected chi connectivity index (χ0v) is 15.6. The van der Waals surface area contributed by atoms with Crippen molar-refractivity contribution in [3.05, 3.63) is 58.6 Å². The second-order valence-corrected chi connectivity index (χ2v) is 7.96. The first-order valence-corrected chi connectivity index (χ1v) is 9.83. The number of amides is 2. The van der Waals surface area contributed by atoms with E-state index in [9.17, 15) is 23.9 Å². The van der Waals surface area contributed by atoms with E-state index in [4.69, 9.17) is 5.73 Å². The van der Waals surface area contributed by atoms with Gasteiger partial charge in [-0.15, -0.1) is 11.8 Å². The third-order valence-electron chi connectivity index (χ3n) is 5.12. The third kappa shape index (κ3) is 3.00. The summed E-state index contributed by atoms with van der Waals surface area (Å²) in [6, 6.07) is 5.59. The lowest BCUT2D eigenvalue weighted by Crippen LogP contribution is -2.68. The lowest BCUT2D eigenvalue weighted by Gasteiger charge is -2.47. The Labute approximate surface area is 164 Å². The van der Waals surface area contributed by atoms with E-state index in [-0.39, 0.29) is 29.3 Å². The number of halogens is 1. The van der Waals surface area contributed by atoms with E-state index in [0.717, 1.165) is 0 Å². The van der Waals surface area contributed by atoms with E-state index in [2.05, 4.69) is 0 Å². The molecule has 0 radical (unpaired) electrons. The molecule has 4 rings (SSSR count). The van der Waals surface area contributed by atoms with Gasteiger partial charge in [0.05, 0.1) is 0 Å². The molecule has 0 saturated carbocycles. The topological polar surface area (TPSA) is 104 Å². The Morgan fingerprint density at radius 3 is 2.82 bits per heavy atom. The van der Waals surface area contributed by atoms with Gasteiger partial charge in [-0.25, -0.2) is 9.18 Å². The van der Waals surface area contributed by atoms with Gasteiger partial charge in [-0.3, -0.25) is 14.5 Å². The van der Waals surface area contributed by atoms with Gasteiger partial charge in [0.15, 0.2) is 0 Å². The van der Waals surface area contributed by atoms with Crippen LogP contribution in [0.25, 0.3) is 0 Å². The number of carboxylic acid groups (broad SMARTS) is 1. The van der Waals surface area contributed by atoms with Crippen molar-refractivity contribution in [2.45, 2.75) is 24.4 Å². The van der Waals surface area contributed by atoms with E-state index >= 15 is 0 Å². The van der Waals surface area contributed by atoms with Crippen LogP contribution in [0.2, 0.25) is 0 Å². The normalized spacial score (nSPS) is 26.0. The molecule has 1 aromatic carbocycles. The number of nitrogens with zero attached hydrogens (tertiary/aromatic N) is 2. The summed E-state index contributed by atoms with van der Waals surface area (Å²) < 4.78 is 13.9. The number of aliphatic carboxylic acids is 1. The summed E-state index contributed by atoms with van der Waals surface area (Å²) in [4.78, 5) is 39.2. The Kier molecular flexibility index (Phi) is 4.72. The number of carboxylic acids is 1. The molecule has 0 spiro atoms. The van der Waals surface area contributed by atoms with Crippen LogP contribution in [0.4, 0.5) is 4.39 Å². The Hall–Kier alpha value is -2.65. The van der Waals surface area contributed by atoms with Crippen LogP contribution in [0.15, 0.2) is 47.2 Å². The molecule has 3 aliphatic heterocycles. The van der Waals surface area contributed by atoms with E-state index in [1.165, 1.54) is 27.6 Å². The van der Waals surface area contributed by atoms with Gasteiger partial charge < -0.3 is 15.7 Å². The first kappa shape index (κ1) is 18.7. The second-order valence-electron chi connectivity index (χ2n) is 6.85. The zero-order chi connectivity index (χ0) is 20.0. The monoisotopic (exact) mass is 403 g/mol. The third-order valence-corrected chi connectivity index (χ3v) is 6.45. The summed E-state index contributed by atoms with van der Waals surface area (Å²) in [5, 5.41) is 9.21. The van der Waals surface area contributed by atoms with Crippen LogP contribution < -0.4 is 5.73 Å². The summed E-state index contributed by atoms with van der Waals surface area (Å²) in [7, 11) is 0. The maximum absolute atomic E-state index is 13.9. The Morgan fingerprint density at radius 2 is 2.11 bits per heavy atom. The number of hydrogen-bond acceptors (Lipinski definition) is 5. The standard InChI is InChI=1S/C19H18FN3O4S/c20-13-4-2-1-3-11(13)8-22-6-5-10(16(22)24)7-12-9-28-18-14(21)17(25)23(18)15(12)19(26)27/h1-4,7,14,18H,5-6,8-9,21H2,(H,26,27)/t14-,18-/m1/s1. The summed E-state index contributed by atoms with van der Waals surface area (Å²) in [5.41, 5.74) is 6.94. The van der Waals surface area contributed by atoms with Crippen LogP contribution in [0, 0.1) is 5.82 Å². The van der Waals surface area contributed by atoms with Crippen LogP contribution >= 0.6 is 11.8 Å². The molecule has 7 nitrogen and oxygen atoms in total. The minimum atomic E-state index is -1.22. The maximum Gasteiger partial charge on any atom is 0.352 e. The van der Waals surface area contributed by atoms with Gasteiger partial charge in [0.2, 0.25) is 11.8 Å². The summed E-state index contributed by atoms with van der Waals surface area (Å²) in [6.45, 7) is 0.585. The van der Waals surface area contributed by atoms with Gasteiger partial charge in [-0.05, 0) is 24.1 Å². The van der Waals surface area contributed by atoms with Crippen molar-refractivity contribution in [2.24, 2.45) is 5.73 Å². The van der Waals surface area contributed by atoms with Crippen LogP contribution in [-0.2, 0) is 20.9 Å². The van der Waals surface area contributed by atoms with Crippen molar-refractivity contribution in [1.29, 1.82) is 0 Å². The maximum atomic E-state index is 13.9. The number of β-lactam (4-membered cyclic amide) rings is 1. The van der Waals surface area contributed by atoms with Crippen molar-refractivity contribution in [3.8, 4) is 0 Å². The lowest BCUT2D eigenvalue weighted by molar-refractivity contribution is -0.147. The highest BCUT2D eigenvalue weighted by atomic mass is 32.2. The molecule has 0 bridgehead atoms. The predicted molar refractivity (Wildman–Crippen MR) is 100 cm³/mol. The molecule has 2 atom stereocenters. The van der Waals surface area contributed by atoms with Crippen LogP contribution in [0.5, 0.6) is 0 Å². The SMILES string of the molecule is N[C@@H]1C(=O)N2C(C(=O)O)=C(C=C3CCN(Cc4ccccc4F)C3=O)CS[C@H]12. The molecule has 1 aromatic rings. The first-order valence-electron chi connectivity index (χ1n) is 8.78. The Balaban J connectivity index is 1.58. The van der Waals surface area contributed by atoms with Gasteiger partial charge in [0.1, 0.15) is 22.9 Å². The molecule has 2 amide bonds. The first-order chi connectivity index (χ1) is 13.4. The molecular weight excluding hydrogens is 385 g/mol. The summed E-state index contributed by atoms with van der Waals surface area (Å²) in [6.07, 6.45) is 2.00. The van der Waals surface area contributed by atoms with E-state index in [1.54, 1.807) is 24.3 Å². The highest BCUT2D eigenvalue weighted by molar-refractivity contribution is 8.00. The van der Waals surface area contributed by atoms with E-state index in [0.29, 0.717) is 35.4 Å². The number of hydrogen-bond donors (Lipinski definition) is 2. The second kappa shape index (κ2) is 7.06. The molecule has 3 aliphatic rings. The lowest BCUT2D eigenvalue weighted by atomic mass is 10.0. The molecule has 0 unspecified atom stereocenters. The van der Waals surface area contributed by atoms with Gasteiger partial charge >= 0.3 is 5.97 Å². The number of allylic oxidation sites excluding steroid dienone is 1. The highest BCUT2D eigenvalue weighted by Crippen LogP contribution is 2.40. The average molecular weight is 403 g/mol. The number of fused-ring (bicyclic) bond motifs is 1. The number of carbonyl (C=O) groups excluding carboxylic acids is 2. The molecule has 0 aliphatic carbocycles. The number of likely N-dealkylation sites (tertiary alicyclic amines) is 1. The zero-order valence-electron chi connectivity index (χ0n) is 14.8. The molecule has 2 fully saturated rings. The number of thioether (sulfide) groups is 1. The van der Waals surface area contributed by atoms with Gasteiger partial charge in [-0.2, -0.15) is 0 Å². The van der Waals surface area contributed by atoms with Crippen LogP contribution in [0.1, 0.15) is 12.0 Å². The van der Waals surface area contributed by atoms with Crippen molar-refractivity contribution >= 4 is 29.5 Å². The quantitative estimate of drug-likeness (QED) is 0.576. The summed E-state index contributed by atoms with van der Waals surface area (Å²) in [5.74, 6) is -1.91. The summed E-state index contributed by atoms with van der Waals surface area (Å²) >= 11 is 1.38. The molecule has 3 N–H and O–H groups in total. The fraction of sp³-hybridized carbons (Fsp3) is 0.316. The number of rotatable bonds is 4. The minimum Gasteiger partial charge on any atom is -0.477 e. The molecule has 3 heterocycles. The number of carbonyl (C=O) groups is 3. The fourth-order valence-electron chi connectivity index (χ4n) is 3.65. The fourth-order valence-corrected chi connectivity index (χ4v) is 4.90. The van der Waals surface area contributed by atoms with Gasteiger partial charge in [0.25, 0.3) is 0 Å². The minimum absolute atomic E-state index is 0.108. The molecular formula is C19H18FN3O4S. The molecule has 2 saturated heterocycles. The largest absolute Gasteiger partial charge is 0.477 e. The van der Waals surface area contributed by atoms with Crippen molar-refractivity contribution < 1.29 is 23.9 Å². The molecule has 0 aromatic heterocycles. The highest BCUT2D eigenvalue weighted by Gasteiger charge is 2.51. The Bertz CT molecular complexity index is 945. The number of nitrogens with two attached hydrogens (primary N) is 1. The smallest absolute Gasteiger partial charge is 0.352 e.